The highest BCUT2D eigenvalue weighted by atomic mass is 19.4. The highest BCUT2D eigenvalue weighted by Crippen LogP contribution is 2.47. The van der Waals surface area contributed by atoms with E-state index in [1.807, 2.05) is 0 Å². The second-order valence-corrected chi connectivity index (χ2v) is 2.46. The Balaban J connectivity index is 5.07. The van der Waals surface area contributed by atoms with Crippen LogP contribution in [0.1, 0.15) is 0 Å². The maximum Gasteiger partial charge on any atom is 0.459 e. The van der Waals surface area contributed by atoms with E-state index in [1.165, 1.54) is 0 Å². The zero-order valence-electron chi connectivity index (χ0n) is 6.39. The van der Waals surface area contributed by atoms with E-state index in [-0.39, 0.29) is 0 Å². The van der Waals surface area contributed by atoms with Crippen molar-refractivity contribution in [2.45, 2.75) is 24.1 Å². The summed E-state index contributed by atoms with van der Waals surface area (Å²) in [5.41, 5.74) is 4.13. The summed E-state index contributed by atoms with van der Waals surface area (Å²) >= 11 is 0. The van der Waals surface area contributed by atoms with Crippen molar-refractivity contribution in [3.8, 4) is 0 Å². The van der Waals surface area contributed by atoms with Crippen molar-refractivity contribution < 1.29 is 35.1 Å². The van der Waals surface area contributed by atoms with Gasteiger partial charge in [-0.3, -0.25) is 0 Å². The van der Waals surface area contributed by atoms with Crippen molar-refractivity contribution in [2.24, 2.45) is 5.73 Å². The van der Waals surface area contributed by atoms with E-state index >= 15 is 0 Å². The molecule has 2 N–H and O–H groups in total. The van der Waals surface area contributed by atoms with Crippen LogP contribution >= 0.6 is 0 Å². The van der Waals surface area contributed by atoms with Gasteiger partial charge in [0.2, 0.25) is 0 Å². The number of hydrogen-bond donors (Lipinski definition) is 1. The lowest BCUT2D eigenvalue weighted by Crippen LogP contribution is -2.61. The first-order valence-corrected chi connectivity index (χ1v) is 3.12. The van der Waals surface area contributed by atoms with Gasteiger partial charge in [-0.05, 0) is 0 Å². The van der Waals surface area contributed by atoms with Gasteiger partial charge in [0.1, 0.15) is 12.7 Å². The van der Waals surface area contributed by atoms with Crippen LogP contribution in [0.25, 0.3) is 0 Å². The van der Waals surface area contributed by atoms with Crippen LogP contribution in [-0.2, 0) is 0 Å². The molecule has 0 spiro atoms. The van der Waals surface area contributed by atoms with E-state index in [0.29, 0.717) is 0 Å². The Morgan fingerprint density at radius 2 is 1.29 bits per heavy atom. The molecule has 0 saturated carbocycles. The SMILES string of the molecule is N[C@H](CF)C(F)(F)C(F)(F)C(F)(F)F. The van der Waals surface area contributed by atoms with Crippen LogP contribution in [-0.4, -0.2) is 30.7 Å². The predicted octanol–water partition coefficient (Wildman–Crippen LogP) is 2.12. The molecule has 0 rings (SSSR count). The van der Waals surface area contributed by atoms with Crippen LogP contribution in [0.4, 0.5) is 35.1 Å². The fourth-order valence-corrected chi connectivity index (χ4v) is 0.519. The highest BCUT2D eigenvalue weighted by molar-refractivity contribution is 4.97. The molecule has 0 amide bonds. The first-order valence-electron chi connectivity index (χ1n) is 3.12. The summed E-state index contributed by atoms with van der Waals surface area (Å²) in [4.78, 5) is 0. The average molecular weight is 231 g/mol. The van der Waals surface area contributed by atoms with Gasteiger partial charge in [-0.15, -0.1) is 0 Å². The van der Waals surface area contributed by atoms with Crippen LogP contribution in [0.3, 0.4) is 0 Å². The molecule has 0 unspecified atom stereocenters. The fourth-order valence-electron chi connectivity index (χ4n) is 0.519. The molecule has 0 bridgehead atoms. The minimum atomic E-state index is -6.47. The van der Waals surface area contributed by atoms with Gasteiger partial charge < -0.3 is 5.73 Å². The predicted molar refractivity (Wildman–Crippen MR) is 29.9 cm³/mol. The second kappa shape index (κ2) is 3.52. The van der Waals surface area contributed by atoms with E-state index in [0.717, 1.165) is 0 Å². The molecule has 0 fully saturated rings. The fraction of sp³-hybridized carbons (Fsp3) is 1.00. The molecule has 14 heavy (non-hydrogen) atoms. The number of rotatable bonds is 3. The zero-order valence-corrected chi connectivity index (χ0v) is 6.39. The van der Waals surface area contributed by atoms with E-state index in [2.05, 4.69) is 5.73 Å². The third kappa shape index (κ3) is 1.91. The van der Waals surface area contributed by atoms with Gasteiger partial charge >= 0.3 is 18.0 Å². The maximum absolute atomic E-state index is 12.3. The van der Waals surface area contributed by atoms with Gasteiger partial charge in [0.05, 0.1) is 0 Å². The summed E-state index contributed by atoms with van der Waals surface area (Å²) in [5, 5.41) is 0. The van der Waals surface area contributed by atoms with Gasteiger partial charge in [-0.25, -0.2) is 4.39 Å². The molecule has 0 aromatic carbocycles. The Morgan fingerprint density at radius 3 is 1.50 bits per heavy atom. The maximum atomic E-state index is 12.3. The zero-order chi connectivity index (χ0) is 11.8. The standard InChI is InChI=1S/C5H5F8N/c6-1-2(14)3(7,8)4(9,10)5(11,12)13/h2H,1,14H2/t2-/m1/s1. The molecule has 1 nitrogen and oxygen atoms in total. The van der Waals surface area contributed by atoms with Gasteiger partial charge in [-0.2, -0.15) is 30.7 Å². The third-order valence-electron chi connectivity index (χ3n) is 1.41. The third-order valence-corrected chi connectivity index (χ3v) is 1.41. The summed E-state index contributed by atoms with van der Waals surface area (Å²) in [6.45, 7) is -2.18. The molecule has 86 valence electrons. The molecule has 0 radical (unpaired) electrons. The van der Waals surface area contributed by atoms with Crippen LogP contribution in [0.2, 0.25) is 0 Å². The number of alkyl halides is 8. The monoisotopic (exact) mass is 231 g/mol. The molecule has 0 aromatic rings. The largest absolute Gasteiger partial charge is 0.459 e. The van der Waals surface area contributed by atoms with Crippen molar-refractivity contribution in [3.05, 3.63) is 0 Å². The van der Waals surface area contributed by atoms with Gasteiger partial charge in [0.15, 0.2) is 0 Å². The van der Waals surface area contributed by atoms with E-state index in [1.54, 1.807) is 0 Å². The van der Waals surface area contributed by atoms with Crippen molar-refractivity contribution in [2.75, 3.05) is 6.67 Å². The number of halogens is 8. The van der Waals surface area contributed by atoms with Crippen molar-refractivity contribution in [1.29, 1.82) is 0 Å². The lowest BCUT2D eigenvalue weighted by Gasteiger charge is -2.30. The van der Waals surface area contributed by atoms with Crippen LogP contribution in [0.15, 0.2) is 0 Å². The minimum Gasteiger partial charge on any atom is -0.320 e. The lowest BCUT2D eigenvalue weighted by molar-refractivity contribution is -0.358. The summed E-state index contributed by atoms with van der Waals surface area (Å²) in [6.07, 6.45) is -6.47. The Hall–Kier alpha value is -0.600. The molecular weight excluding hydrogens is 226 g/mol. The van der Waals surface area contributed by atoms with Crippen LogP contribution in [0.5, 0.6) is 0 Å². The summed E-state index contributed by atoms with van der Waals surface area (Å²) in [6, 6.07) is -3.20. The quantitative estimate of drug-likeness (QED) is 0.739. The first kappa shape index (κ1) is 13.4. The van der Waals surface area contributed by atoms with Gasteiger partial charge in [0.25, 0.3) is 0 Å². The molecule has 0 aliphatic heterocycles. The summed E-state index contributed by atoms with van der Waals surface area (Å²) < 4.78 is 94.3. The molecule has 0 heterocycles. The second-order valence-electron chi connectivity index (χ2n) is 2.46. The Labute approximate surface area is 72.9 Å². The molecule has 0 aliphatic carbocycles. The van der Waals surface area contributed by atoms with Crippen molar-refractivity contribution in [1.82, 2.24) is 0 Å². The molecule has 1 atom stereocenters. The Morgan fingerprint density at radius 1 is 0.929 bits per heavy atom. The number of hydrogen-bond acceptors (Lipinski definition) is 1. The molecule has 9 heteroatoms. The van der Waals surface area contributed by atoms with Crippen molar-refractivity contribution in [3.63, 3.8) is 0 Å². The van der Waals surface area contributed by atoms with Gasteiger partial charge in [0, 0.05) is 0 Å². The van der Waals surface area contributed by atoms with E-state index < -0.39 is 30.7 Å². The minimum absolute atomic E-state index is 2.18. The summed E-state index contributed by atoms with van der Waals surface area (Å²) in [5.74, 6) is -12.0. The summed E-state index contributed by atoms with van der Waals surface area (Å²) in [7, 11) is 0. The molecule has 0 saturated heterocycles. The van der Waals surface area contributed by atoms with Crippen molar-refractivity contribution >= 4 is 0 Å². The lowest BCUT2D eigenvalue weighted by atomic mass is 10.0. The van der Waals surface area contributed by atoms with Crippen LogP contribution in [0, 0.1) is 0 Å². The molecule has 0 aliphatic rings. The van der Waals surface area contributed by atoms with Crippen LogP contribution < -0.4 is 5.73 Å². The first-order chi connectivity index (χ1) is 5.98. The van der Waals surface area contributed by atoms with E-state index in [9.17, 15) is 35.1 Å². The molecular formula is C5H5F8N. The molecule has 0 aromatic heterocycles. The normalized spacial score (nSPS) is 16.9. The Kier molecular flexibility index (Phi) is 3.37. The smallest absolute Gasteiger partial charge is 0.320 e. The van der Waals surface area contributed by atoms with E-state index in [4.69, 9.17) is 0 Å². The Bertz CT molecular complexity index is 196. The number of nitrogens with two attached hydrogens (primary N) is 1. The average Bonchev–Trinajstić information content (AvgIpc) is 2.00. The topological polar surface area (TPSA) is 26.0 Å². The highest BCUT2D eigenvalue weighted by Gasteiger charge is 2.74. The van der Waals surface area contributed by atoms with Gasteiger partial charge in [-0.1, -0.05) is 0 Å².